The Kier molecular flexibility index (Phi) is 5.93. The molecule has 0 spiro atoms. The zero-order chi connectivity index (χ0) is 21.3. The van der Waals surface area contributed by atoms with Gasteiger partial charge >= 0.3 is 0 Å². The van der Waals surface area contributed by atoms with Gasteiger partial charge in [-0.15, -0.1) is 0 Å². The predicted octanol–water partition coefficient (Wildman–Crippen LogP) is 6.68. The number of hydrogen-bond acceptors (Lipinski definition) is 2. The molecule has 30 heavy (non-hydrogen) atoms. The van der Waals surface area contributed by atoms with E-state index in [0.717, 1.165) is 0 Å². The number of hydrogen-bond donors (Lipinski definition) is 0. The Morgan fingerprint density at radius 2 is 1.40 bits per heavy atom. The van der Waals surface area contributed by atoms with Gasteiger partial charge in [0.05, 0.1) is 13.2 Å². The fraction of sp³-hybridized carbons (Fsp3) is 0.280. The van der Waals surface area contributed by atoms with E-state index in [-0.39, 0.29) is 5.56 Å². The zero-order valence-corrected chi connectivity index (χ0v) is 16.9. The molecule has 0 radical (unpaired) electrons. The number of benzene rings is 3. The highest BCUT2D eigenvalue weighted by molar-refractivity contribution is 5.71. The summed E-state index contributed by atoms with van der Waals surface area (Å²) >= 11 is 0. The van der Waals surface area contributed by atoms with Gasteiger partial charge in [-0.05, 0) is 29.2 Å². The van der Waals surface area contributed by atoms with Crippen LogP contribution in [0.15, 0.2) is 54.6 Å². The second-order valence-electron chi connectivity index (χ2n) is 7.67. The van der Waals surface area contributed by atoms with E-state index in [9.17, 15) is 13.2 Å². The largest absolute Gasteiger partial charge is 0.348 e. The van der Waals surface area contributed by atoms with E-state index in [1.807, 2.05) is 6.92 Å². The number of rotatable bonds is 4. The van der Waals surface area contributed by atoms with Crippen molar-refractivity contribution in [2.45, 2.75) is 26.6 Å². The molecule has 0 bridgehead atoms. The molecule has 1 aliphatic heterocycles. The second-order valence-corrected chi connectivity index (χ2v) is 7.67. The van der Waals surface area contributed by atoms with Crippen molar-refractivity contribution in [3.63, 3.8) is 0 Å². The number of halogens is 3. The quantitative estimate of drug-likeness (QED) is 0.476. The lowest BCUT2D eigenvalue weighted by molar-refractivity contribution is -0.202. The van der Waals surface area contributed by atoms with Gasteiger partial charge in [0, 0.05) is 22.6 Å². The molecule has 3 aromatic carbocycles. The van der Waals surface area contributed by atoms with Crippen LogP contribution in [0.2, 0.25) is 0 Å². The second kappa shape index (κ2) is 8.62. The molecule has 1 saturated heterocycles. The highest BCUT2D eigenvalue weighted by Gasteiger charge is 2.22. The molecular formula is C25H23F3O2. The predicted molar refractivity (Wildman–Crippen MR) is 110 cm³/mol. The summed E-state index contributed by atoms with van der Waals surface area (Å²) < 4.78 is 54.5. The Morgan fingerprint density at radius 1 is 0.800 bits per heavy atom. The van der Waals surface area contributed by atoms with Gasteiger partial charge in [-0.3, -0.25) is 0 Å². The van der Waals surface area contributed by atoms with Gasteiger partial charge in [-0.25, -0.2) is 13.2 Å². The standard InChI is InChI=1S/C25H23F3O2/c1-3-16-8-11-21(24(28)23(16)27)18-6-4-17(5-7-18)20-10-9-19(12-22(20)26)25-29-13-15(2)14-30-25/h4-12,15,25H,3,13-14H2,1-2H3. The van der Waals surface area contributed by atoms with Crippen molar-refractivity contribution in [1.82, 2.24) is 0 Å². The minimum atomic E-state index is -0.862. The molecule has 0 saturated carbocycles. The summed E-state index contributed by atoms with van der Waals surface area (Å²) in [7, 11) is 0. The van der Waals surface area contributed by atoms with Crippen LogP contribution < -0.4 is 0 Å². The van der Waals surface area contributed by atoms with Crippen LogP contribution >= 0.6 is 0 Å². The minimum absolute atomic E-state index is 0.188. The van der Waals surface area contributed by atoms with E-state index in [1.165, 1.54) is 6.07 Å². The van der Waals surface area contributed by atoms with Crippen molar-refractivity contribution in [1.29, 1.82) is 0 Å². The maximum atomic E-state index is 14.8. The third-order valence-corrected chi connectivity index (χ3v) is 5.38. The van der Waals surface area contributed by atoms with Crippen molar-refractivity contribution in [2.24, 2.45) is 5.92 Å². The van der Waals surface area contributed by atoms with Crippen LogP contribution in [0.5, 0.6) is 0 Å². The molecule has 1 fully saturated rings. The average molecular weight is 412 g/mol. The van der Waals surface area contributed by atoms with Crippen LogP contribution in [0.3, 0.4) is 0 Å². The summed E-state index contributed by atoms with van der Waals surface area (Å²) in [5.41, 5.74) is 2.76. The molecule has 0 aliphatic carbocycles. The first kappa shape index (κ1) is 20.6. The Hall–Kier alpha value is -2.63. The van der Waals surface area contributed by atoms with Gasteiger partial charge in [0.1, 0.15) is 5.82 Å². The van der Waals surface area contributed by atoms with E-state index >= 15 is 0 Å². The summed E-state index contributed by atoms with van der Waals surface area (Å²) in [6.45, 7) is 4.96. The molecule has 156 valence electrons. The van der Waals surface area contributed by atoms with Crippen LogP contribution in [0.1, 0.15) is 31.3 Å². The first-order valence-corrected chi connectivity index (χ1v) is 10.1. The average Bonchev–Trinajstić information content (AvgIpc) is 2.76. The zero-order valence-electron chi connectivity index (χ0n) is 16.9. The maximum absolute atomic E-state index is 14.8. The lowest BCUT2D eigenvalue weighted by atomic mass is 9.97. The molecule has 1 heterocycles. The highest BCUT2D eigenvalue weighted by Crippen LogP contribution is 2.32. The van der Waals surface area contributed by atoms with E-state index < -0.39 is 23.7 Å². The molecule has 3 aromatic rings. The van der Waals surface area contributed by atoms with E-state index in [0.29, 0.717) is 53.4 Å². The van der Waals surface area contributed by atoms with Gasteiger partial charge < -0.3 is 9.47 Å². The Bertz CT molecular complexity index is 1040. The molecule has 0 amide bonds. The van der Waals surface area contributed by atoms with Gasteiger partial charge in [0.15, 0.2) is 17.9 Å². The first-order chi connectivity index (χ1) is 14.5. The molecule has 0 aromatic heterocycles. The lowest BCUT2D eigenvalue weighted by Crippen LogP contribution is -2.25. The molecule has 0 unspecified atom stereocenters. The topological polar surface area (TPSA) is 18.5 Å². The fourth-order valence-electron chi connectivity index (χ4n) is 3.62. The van der Waals surface area contributed by atoms with Crippen molar-refractivity contribution >= 4 is 0 Å². The maximum Gasteiger partial charge on any atom is 0.183 e. The van der Waals surface area contributed by atoms with Crippen LogP contribution in [0.4, 0.5) is 13.2 Å². The molecule has 0 N–H and O–H groups in total. The van der Waals surface area contributed by atoms with Crippen LogP contribution in [-0.2, 0) is 15.9 Å². The number of ether oxygens (including phenoxy) is 2. The lowest BCUT2D eigenvalue weighted by Gasteiger charge is -2.27. The van der Waals surface area contributed by atoms with Crippen molar-refractivity contribution < 1.29 is 22.6 Å². The minimum Gasteiger partial charge on any atom is -0.348 e. The number of aryl methyl sites for hydroxylation is 1. The van der Waals surface area contributed by atoms with Crippen molar-refractivity contribution in [2.75, 3.05) is 13.2 Å². The summed E-state index contributed by atoms with van der Waals surface area (Å²) in [6, 6.07) is 14.8. The third-order valence-electron chi connectivity index (χ3n) is 5.38. The summed E-state index contributed by atoms with van der Waals surface area (Å²) in [5, 5.41) is 0. The van der Waals surface area contributed by atoms with Crippen molar-refractivity contribution in [3.8, 4) is 22.3 Å². The van der Waals surface area contributed by atoms with Crippen LogP contribution in [-0.4, -0.2) is 13.2 Å². The molecule has 0 atom stereocenters. The highest BCUT2D eigenvalue weighted by atomic mass is 19.2. The molecule has 2 nitrogen and oxygen atoms in total. The summed E-state index contributed by atoms with van der Waals surface area (Å²) in [6.07, 6.45) is -0.135. The summed E-state index contributed by atoms with van der Waals surface area (Å²) in [5.74, 6) is -1.75. The van der Waals surface area contributed by atoms with Gasteiger partial charge in [0.2, 0.25) is 0 Å². The Balaban J connectivity index is 1.58. The van der Waals surface area contributed by atoms with E-state index in [4.69, 9.17) is 9.47 Å². The molecule has 4 rings (SSSR count). The van der Waals surface area contributed by atoms with Crippen LogP contribution in [0.25, 0.3) is 22.3 Å². The smallest absolute Gasteiger partial charge is 0.183 e. The summed E-state index contributed by atoms with van der Waals surface area (Å²) in [4.78, 5) is 0. The van der Waals surface area contributed by atoms with Gasteiger partial charge in [0.25, 0.3) is 0 Å². The third kappa shape index (κ3) is 4.00. The first-order valence-electron chi connectivity index (χ1n) is 10.1. The molecule has 5 heteroatoms. The van der Waals surface area contributed by atoms with E-state index in [1.54, 1.807) is 55.5 Å². The van der Waals surface area contributed by atoms with Crippen molar-refractivity contribution in [3.05, 3.63) is 83.2 Å². The molecular weight excluding hydrogens is 389 g/mol. The monoisotopic (exact) mass is 412 g/mol. The van der Waals surface area contributed by atoms with Gasteiger partial charge in [-0.2, -0.15) is 0 Å². The normalized spacial score (nSPS) is 19.1. The fourth-order valence-corrected chi connectivity index (χ4v) is 3.62. The van der Waals surface area contributed by atoms with E-state index in [2.05, 4.69) is 0 Å². The Morgan fingerprint density at radius 3 is 2.00 bits per heavy atom. The molecule has 1 aliphatic rings. The SMILES string of the molecule is CCc1ccc(-c2ccc(-c3ccc(C4OCC(C)CO4)cc3F)cc2)c(F)c1F. The van der Waals surface area contributed by atoms with Crippen LogP contribution in [0, 0.1) is 23.4 Å². The van der Waals surface area contributed by atoms with Gasteiger partial charge in [-0.1, -0.05) is 62.4 Å². The Labute approximate surface area is 174 Å².